The Morgan fingerprint density at radius 1 is 1.23 bits per heavy atom. The van der Waals surface area contributed by atoms with E-state index in [4.69, 9.17) is 4.74 Å². The van der Waals surface area contributed by atoms with Crippen LogP contribution in [0.25, 0.3) is 0 Å². The van der Waals surface area contributed by atoms with Crippen LogP contribution >= 0.6 is 0 Å². The Kier molecular flexibility index (Phi) is 4.97. The molecule has 0 radical (unpaired) electrons. The Morgan fingerprint density at radius 3 is 2.81 bits per heavy atom. The highest BCUT2D eigenvalue weighted by Gasteiger charge is 2.17. The minimum absolute atomic E-state index is 0.0268. The molecule has 0 amide bonds. The number of aromatic nitrogens is 5. The smallest absolute Gasteiger partial charge is 0.342 e. The topological polar surface area (TPSA) is 101 Å². The van der Waals surface area contributed by atoms with Gasteiger partial charge >= 0.3 is 5.82 Å². The largest absolute Gasteiger partial charge is 0.487 e. The number of hydrogen-bond acceptors (Lipinski definition) is 6. The summed E-state index contributed by atoms with van der Waals surface area (Å²) in [5, 5.41) is 19.2. The number of ether oxygens (including phenoxy) is 1. The second-order valence-corrected chi connectivity index (χ2v) is 6.03. The second kappa shape index (κ2) is 7.34. The normalized spacial score (nSPS) is 10.9. The van der Waals surface area contributed by atoms with Gasteiger partial charge in [-0.3, -0.25) is 0 Å². The maximum absolute atomic E-state index is 11.0. The molecular weight excluding hydrogens is 336 g/mol. The number of aryl methyl sites for hydroxylation is 3. The van der Waals surface area contributed by atoms with Gasteiger partial charge < -0.3 is 14.9 Å². The highest BCUT2D eigenvalue weighted by atomic mass is 16.6. The fourth-order valence-corrected chi connectivity index (χ4v) is 2.63. The number of nitro groups is 1. The summed E-state index contributed by atoms with van der Waals surface area (Å²) in [6, 6.07) is 5.92. The average Bonchev–Trinajstić information content (AvgIpc) is 3.21. The van der Waals surface area contributed by atoms with Gasteiger partial charge in [-0.25, -0.2) is 14.2 Å². The molecule has 26 heavy (non-hydrogen) atoms. The quantitative estimate of drug-likeness (QED) is 0.476. The van der Waals surface area contributed by atoms with Gasteiger partial charge in [0.05, 0.1) is 12.7 Å². The van der Waals surface area contributed by atoms with E-state index in [0.717, 1.165) is 11.3 Å². The Hall–Kier alpha value is -3.23. The number of imidazole rings is 1. The Balaban J connectivity index is 1.61. The molecule has 2 aromatic heterocycles. The van der Waals surface area contributed by atoms with Crippen molar-refractivity contribution in [1.29, 1.82) is 0 Å². The minimum atomic E-state index is -0.440. The molecule has 0 saturated carbocycles. The zero-order valence-electron chi connectivity index (χ0n) is 14.9. The number of nitrogens with zero attached hydrogens (tertiary/aromatic N) is 6. The molecule has 9 nitrogen and oxygen atoms in total. The molecule has 136 valence electrons. The fourth-order valence-electron chi connectivity index (χ4n) is 2.63. The first-order valence-electron chi connectivity index (χ1n) is 8.20. The summed E-state index contributed by atoms with van der Waals surface area (Å²) in [4.78, 5) is 14.6. The van der Waals surface area contributed by atoms with Crippen molar-refractivity contribution in [1.82, 2.24) is 24.5 Å². The first-order chi connectivity index (χ1) is 12.5. The lowest BCUT2D eigenvalue weighted by molar-refractivity contribution is -0.392. The van der Waals surface area contributed by atoms with E-state index >= 15 is 0 Å². The van der Waals surface area contributed by atoms with Crippen LogP contribution in [0.15, 0.2) is 30.6 Å². The third kappa shape index (κ3) is 3.71. The van der Waals surface area contributed by atoms with Crippen LogP contribution in [-0.2, 0) is 19.7 Å². The van der Waals surface area contributed by atoms with Crippen LogP contribution < -0.4 is 4.74 Å². The molecule has 3 rings (SSSR count). The molecule has 0 fully saturated rings. The van der Waals surface area contributed by atoms with Gasteiger partial charge in [0.15, 0.2) is 5.82 Å². The van der Waals surface area contributed by atoms with Crippen LogP contribution in [0, 0.1) is 30.9 Å². The van der Waals surface area contributed by atoms with Crippen molar-refractivity contribution in [3.05, 3.63) is 63.4 Å². The van der Waals surface area contributed by atoms with Gasteiger partial charge in [-0.1, -0.05) is 17.3 Å². The monoisotopic (exact) mass is 356 g/mol. The number of hydrogen-bond donors (Lipinski definition) is 0. The van der Waals surface area contributed by atoms with E-state index in [1.165, 1.54) is 11.8 Å². The second-order valence-electron chi connectivity index (χ2n) is 6.03. The summed E-state index contributed by atoms with van der Waals surface area (Å²) in [5.41, 5.74) is 2.97. The van der Waals surface area contributed by atoms with E-state index in [0.29, 0.717) is 31.2 Å². The van der Waals surface area contributed by atoms with E-state index in [9.17, 15) is 10.1 Å². The van der Waals surface area contributed by atoms with E-state index in [-0.39, 0.29) is 5.82 Å². The van der Waals surface area contributed by atoms with Gasteiger partial charge in [-0.15, -0.1) is 5.10 Å². The molecular formula is C17H20N6O3. The molecule has 0 saturated heterocycles. The molecule has 0 aliphatic heterocycles. The third-order valence-corrected chi connectivity index (χ3v) is 4.29. The van der Waals surface area contributed by atoms with Crippen molar-refractivity contribution < 1.29 is 9.66 Å². The predicted molar refractivity (Wildman–Crippen MR) is 93.9 cm³/mol. The maximum Gasteiger partial charge on any atom is 0.342 e. The van der Waals surface area contributed by atoms with E-state index < -0.39 is 4.92 Å². The first-order valence-corrected chi connectivity index (χ1v) is 8.20. The molecule has 0 N–H and O–H groups in total. The third-order valence-electron chi connectivity index (χ3n) is 4.29. The zero-order valence-corrected chi connectivity index (χ0v) is 14.9. The highest BCUT2D eigenvalue weighted by Crippen LogP contribution is 2.21. The SMILES string of the molecule is Cc1cccc(OCc2cn(CCn3c([N+](=O)[O-])cnc3C)nn2)c1C. The molecule has 0 aliphatic carbocycles. The summed E-state index contributed by atoms with van der Waals surface area (Å²) in [5.74, 6) is 1.39. The molecule has 0 spiro atoms. The van der Waals surface area contributed by atoms with Gasteiger partial charge in [0.25, 0.3) is 0 Å². The van der Waals surface area contributed by atoms with Crippen LogP contribution in [0.2, 0.25) is 0 Å². The van der Waals surface area contributed by atoms with Crippen LogP contribution in [0.5, 0.6) is 5.75 Å². The lowest BCUT2D eigenvalue weighted by Gasteiger charge is -2.09. The van der Waals surface area contributed by atoms with Crippen molar-refractivity contribution >= 4 is 5.82 Å². The van der Waals surface area contributed by atoms with Gasteiger partial charge in [0.2, 0.25) is 0 Å². The van der Waals surface area contributed by atoms with E-state index in [1.807, 2.05) is 32.0 Å². The highest BCUT2D eigenvalue weighted by molar-refractivity contribution is 5.38. The molecule has 9 heteroatoms. The summed E-state index contributed by atoms with van der Waals surface area (Å²) in [6.45, 7) is 6.95. The fraction of sp³-hybridized carbons (Fsp3) is 0.353. The standard InChI is InChI=1S/C17H20N6O3/c1-12-5-4-6-16(13(12)2)26-11-15-10-21(20-19-15)7-8-22-14(3)18-9-17(22)23(24)25/h4-6,9-10H,7-8,11H2,1-3H3. The number of benzene rings is 1. The molecule has 2 heterocycles. The summed E-state index contributed by atoms with van der Waals surface area (Å²) in [6.07, 6.45) is 3.04. The lowest BCUT2D eigenvalue weighted by atomic mass is 10.1. The summed E-state index contributed by atoms with van der Waals surface area (Å²) < 4.78 is 9.01. The first kappa shape index (κ1) is 17.6. The van der Waals surface area contributed by atoms with E-state index in [2.05, 4.69) is 15.3 Å². The van der Waals surface area contributed by atoms with Crippen LogP contribution in [0.4, 0.5) is 5.82 Å². The maximum atomic E-state index is 11.0. The molecule has 1 aromatic carbocycles. The lowest BCUT2D eigenvalue weighted by Crippen LogP contribution is -2.11. The van der Waals surface area contributed by atoms with Gasteiger partial charge in [-0.05, 0) is 36.0 Å². The average molecular weight is 356 g/mol. The van der Waals surface area contributed by atoms with Crippen molar-refractivity contribution in [2.45, 2.75) is 40.5 Å². The van der Waals surface area contributed by atoms with Crippen molar-refractivity contribution in [2.75, 3.05) is 0 Å². The summed E-state index contributed by atoms with van der Waals surface area (Å²) in [7, 11) is 0. The van der Waals surface area contributed by atoms with Crippen molar-refractivity contribution in [2.24, 2.45) is 0 Å². The van der Waals surface area contributed by atoms with E-state index in [1.54, 1.807) is 22.4 Å². The van der Waals surface area contributed by atoms with Crippen molar-refractivity contribution in [3.63, 3.8) is 0 Å². The van der Waals surface area contributed by atoms with Gasteiger partial charge in [0, 0.05) is 6.92 Å². The molecule has 3 aromatic rings. The Morgan fingerprint density at radius 2 is 2.04 bits per heavy atom. The Labute approximate surface area is 150 Å². The van der Waals surface area contributed by atoms with Crippen LogP contribution in [-0.4, -0.2) is 29.5 Å². The molecule has 0 aliphatic rings. The molecule has 0 unspecified atom stereocenters. The minimum Gasteiger partial charge on any atom is -0.487 e. The van der Waals surface area contributed by atoms with Crippen LogP contribution in [0.1, 0.15) is 22.6 Å². The van der Waals surface area contributed by atoms with Crippen molar-refractivity contribution in [3.8, 4) is 5.75 Å². The molecule has 0 atom stereocenters. The zero-order chi connectivity index (χ0) is 18.7. The van der Waals surface area contributed by atoms with Gasteiger partial charge in [0.1, 0.15) is 30.8 Å². The number of rotatable bonds is 7. The van der Waals surface area contributed by atoms with Crippen LogP contribution in [0.3, 0.4) is 0 Å². The Bertz CT molecular complexity index is 930. The summed E-state index contributed by atoms with van der Waals surface area (Å²) >= 11 is 0. The predicted octanol–water partition coefficient (Wildman–Crippen LogP) is 2.59. The van der Waals surface area contributed by atoms with Gasteiger partial charge in [-0.2, -0.15) is 0 Å². The molecule has 0 bridgehead atoms.